The highest BCUT2D eigenvalue weighted by Crippen LogP contribution is 2.23. The van der Waals surface area contributed by atoms with Crippen molar-refractivity contribution in [2.45, 2.75) is 32.1 Å². The maximum atomic E-state index is 13.5. The molecule has 0 radical (unpaired) electrons. The summed E-state index contributed by atoms with van der Waals surface area (Å²) >= 11 is 0. The Morgan fingerprint density at radius 2 is 1.84 bits per heavy atom. The fourth-order valence-electron chi connectivity index (χ4n) is 3.17. The molecular weight excluding hydrogens is 339 g/mol. The van der Waals surface area contributed by atoms with Crippen LogP contribution in [-0.2, 0) is 16.4 Å². The van der Waals surface area contributed by atoms with Crippen molar-refractivity contribution in [2.75, 3.05) is 6.54 Å². The minimum Gasteiger partial charge on any atom is -0.358 e. The average molecular weight is 360 g/mol. The molecule has 0 saturated carbocycles. The van der Waals surface area contributed by atoms with Crippen LogP contribution in [0.4, 0.5) is 4.39 Å². The summed E-state index contributed by atoms with van der Waals surface area (Å²) < 4.78 is 41.2. The Balaban J connectivity index is 1.79. The third-order valence-corrected chi connectivity index (χ3v) is 5.99. The Labute approximate surface area is 147 Å². The topological polar surface area (TPSA) is 62.0 Å². The van der Waals surface area contributed by atoms with Gasteiger partial charge in [0.05, 0.1) is 4.90 Å². The molecule has 25 heavy (non-hydrogen) atoms. The number of aromatic amines is 1. The number of hydrogen-bond acceptors (Lipinski definition) is 2. The van der Waals surface area contributed by atoms with Gasteiger partial charge < -0.3 is 4.98 Å². The Kier molecular flexibility index (Phi) is 4.67. The lowest BCUT2D eigenvalue weighted by Gasteiger charge is -2.10. The maximum Gasteiger partial charge on any atom is 0.240 e. The van der Waals surface area contributed by atoms with Gasteiger partial charge in [0.1, 0.15) is 5.82 Å². The van der Waals surface area contributed by atoms with E-state index in [4.69, 9.17) is 0 Å². The van der Waals surface area contributed by atoms with E-state index in [9.17, 15) is 12.8 Å². The predicted octanol–water partition coefficient (Wildman–Crippen LogP) is 3.75. The standard InChI is InChI=1S/C19H21FN2O2S/c1-12-4-7-19(13(2)10-12)25(23,24)21-9-8-16-14(3)22-18-6-5-15(20)11-17(16)18/h4-7,10-11,21-22H,8-9H2,1-3H3. The second-order valence-electron chi connectivity index (χ2n) is 6.34. The number of aromatic nitrogens is 1. The normalized spacial score (nSPS) is 12.0. The van der Waals surface area contributed by atoms with Gasteiger partial charge in [0.2, 0.25) is 10.0 Å². The van der Waals surface area contributed by atoms with E-state index in [-0.39, 0.29) is 12.4 Å². The second kappa shape index (κ2) is 6.61. The van der Waals surface area contributed by atoms with Crippen LogP contribution in [-0.4, -0.2) is 19.9 Å². The van der Waals surface area contributed by atoms with E-state index in [1.54, 1.807) is 25.1 Å². The van der Waals surface area contributed by atoms with Crippen LogP contribution in [0.25, 0.3) is 10.9 Å². The van der Waals surface area contributed by atoms with Crippen LogP contribution in [0, 0.1) is 26.6 Å². The van der Waals surface area contributed by atoms with E-state index in [0.29, 0.717) is 11.3 Å². The SMILES string of the molecule is Cc1ccc(S(=O)(=O)NCCc2c(C)[nH]c3ccc(F)cc23)c(C)c1. The molecule has 0 aliphatic carbocycles. The molecule has 6 heteroatoms. The number of fused-ring (bicyclic) bond motifs is 1. The molecule has 0 spiro atoms. The smallest absolute Gasteiger partial charge is 0.240 e. The molecule has 3 aromatic rings. The van der Waals surface area contributed by atoms with E-state index < -0.39 is 10.0 Å². The van der Waals surface area contributed by atoms with Gasteiger partial charge in [-0.3, -0.25) is 0 Å². The van der Waals surface area contributed by atoms with Crippen molar-refractivity contribution in [1.29, 1.82) is 0 Å². The first-order chi connectivity index (χ1) is 11.8. The highest BCUT2D eigenvalue weighted by Gasteiger charge is 2.17. The number of nitrogens with one attached hydrogen (secondary N) is 2. The van der Waals surface area contributed by atoms with Gasteiger partial charge in [-0.15, -0.1) is 0 Å². The zero-order chi connectivity index (χ0) is 18.2. The van der Waals surface area contributed by atoms with Crippen LogP contribution in [0.2, 0.25) is 0 Å². The Bertz CT molecular complexity index is 1040. The summed E-state index contributed by atoms with van der Waals surface area (Å²) in [7, 11) is -3.57. The molecule has 132 valence electrons. The lowest BCUT2D eigenvalue weighted by Crippen LogP contribution is -2.26. The van der Waals surface area contributed by atoms with Gasteiger partial charge in [0, 0.05) is 23.1 Å². The van der Waals surface area contributed by atoms with Gasteiger partial charge in [-0.25, -0.2) is 17.5 Å². The van der Waals surface area contributed by atoms with E-state index in [2.05, 4.69) is 9.71 Å². The van der Waals surface area contributed by atoms with Crippen molar-refractivity contribution >= 4 is 20.9 Å². The minimum absolute atomic E-state index is 0.250. The molecule has 0 fully saturated rings. The van der Waals surface area contributed by atoms with Gasteiger partial charge in [-0.2, -0.15) is 0 Å². The molecule has 0 aliphatic rings. The average Bonchev–Trinajstić information content (AvgIpc) is 2.82. The number of aryl methyl sites for hydroxylation is 3. The quantitative estimate of drug-likeness (QED) is 0.728. The van der Waals surface area contributed by atoms with E-state index in [0.717, 1.165) is 33.3 Å². The largest absolute Gasteiger partial charge is 0.358 e. The van der Waals surface area contributed by atoms with Crippen molar-refractivity contribution < 1.29 is 12.8 Å². The predicted molar refractivity (Wildman–Crippen MR) is 97.8 cm³/mol. The molecule has 0 saturated heterocycles. The van der Waals surface area contributed by atoms with Crippen LogP contribution in [0.5, 0.6) is 0 Å². The second-order valence-corrected chi connectivity index (χ2v) is 8.07. The monoisotopic (exact) mass is 360 g/mol. The third kappa shape index (κ3) is 3.60. The molecule has 1 aromatic heterocycles. The van der Waals surface area contributed by atoms with Crippen molar-refractivity contribution in [1.82, 2.24) is 9.71 Å². The lowest BCUT2D eigenvalue weighted by molar-refractivity contribution is 0.581. The highest BCUT2D eigenvalue weighted by atomic mass is 32.2. The molecular formula is C19H21FN2O2S. The molecule has 0 bridgehead atoms. The molecule has 2 aromatic carbocycles. The molecule has 3 rings (SSSR count). The first-order valence-electron chi connectivity index (χ1n) is 8.11. The zero-order valence-corrected chi connectivity index (χ0v) is 15.3. The third-order valence-electron chi connectivity index (χ3n) is 4.37. The molecule has 2 N–H and O–H groups in total. The zero-order valence-electron chi connectivity index (χ0n) is 14.5. The van der Waals surface area contributed by atoms with Gasteiger partial charge in [-0.1, -0.05) is 17.7 Å². The molecule has 4 nitrogen and oxygen atoms in total. The molecule has 0 amide bonds. The van der Waals surface area contributed by atoms with Gasteiger partial charge in [0.15, 0.2) is 0 Å². The summed E-state index contributed by atoms with van der Waals surface area (Å²) in [5.41, 5.74) is 4.45. The molecule has 0 unspecified atom stereocenters. The lowest BCUT2D eigenvalue weighted by atomic mass is 10.1. The van der Waals surface area contributed by atoms with E-state index in [1.807, 2.05) is 19.9 Å². The van der Waals surface area contributed by atoms with Crippen LogP contribution in [0.15, 0.2) is 41.3 Å². The first kappa shape index (κ1) is 17.6. The Morgan fingerprint density at radius 3 is 2.56 bits per heavy atom. The van der Waals surface area contributed by atoms with E-state index >= 15 is 0 Å². The number of sulfonamides is 1. The number of benzene rings is 2. The fraction of sp³-hybridized carbons (Fsp3) is 0.263. The summed E-state index contributed by atoms with van der Waals surface area (Å²) in [5, 5.41) is 0.795. The summed E-state index contributed by atoms with van der Waals surface area (Å²) in [6.07, 6.45) is 0.486. The van der Waals surface area contributed by atoms with Crippen LogP contribution >= 0.6 is 0 Å². The van der Waals surface area contributed by atoms with Gasteiger partial charge in [-0.05, 0) is 62.6 Å². The van der Waals surface area contributed by atoms with Crippen LogP contribution < -0.4 is 4.72 Å². The minimum atomic E-state index is -3.57. The number of halogens is 1. The summed E-state index contributed by atoms with van der Waals surface area (Å²) in [6.45, 7) is 5.87. The number of hydrogen-bond donors (Lipinski definition) is 2. The van der Waals surface area contributed by atoms with Crippen molar-refractivity contribution in [3.8, 4) is 0 Å². The molecule has 0 atom stereocenters. The number of rotatable bonds is 5. The fourth-order valence-corrected chi connectivity index (χ4v) is 4.42. The molecule has 0 aliphatic heterocycles. The summed E-state index contributed by atoms with van der Waals surface area (Å²) in [6, 6.07) is 9.84. The van der Waals surface area contributed by atoms with Crippen molar-refractivity contribution in [3.05, 3.63) is 64.6 Å². The maximum absolute atomic E-state index is 13.5. The summed E-state index contributed by atoms with van der Waals surface area (Å²) in [5.74, 6) is -0.302. The van der Waals surface area contributed by atoms with Crippen LogP contribution in [0.3, 0.4) is 0 Å². The first-order valence-corrected chi connectivity index (χ1v) is 9.60. The Morgan fingerprint density at radius 1 is 1.08 bits per heavy atom. The summed E-state index contributed by atoms with van der Waals surface area (Å²) in [4.78, 5) is 3.50. The van der Waals surface area contributed by atoms with Crippen molar-refractivity contribution in [2.24, 2.45) is 0 Å². The number of H-pyrrole nitrogens is 1. The van der Waals surface area contributed by atoms with Gasteiger partial charge in [0.25, 0.3) is 0 Å². The van der Waals surface area contributed by atoms with Crippen molar-refractivity contribution in [3.63, 3.8) is 0 Å². The molecule has 1 heterocycles. The van der Waals surface area contributed by atoms with Gasteiger partial charge >= 0.3 is 0 Å². The van der Waals surface area contributed by atoms with E-state index in [1.165, 1.54) is 12.1 Å². The Hall–Kier alpha value is -2.18. The highest BCUT2D eigenvalue weighted by molar-refractivity contribution is 7.89. The van der Waals surface area contributed by atoms with Crippen LogP contribution in [0.1, 0.15) is 22.4 Å².